The Morgan fingerprint density at radius 3 is 2.88 bits per heavy atom. The van der Waals surface area contributed by atoms with Crippen molar-refractivity contribution >= 4 is 28.6 Å². The minimum atomic E-state index is -0.884. The average Bonchev–Trinajstić information content (AvgIpc) is 2.64. The van der Waals surface area contributed by atoms with E-state index in [1.807, 2.05) is 0 Å². The standard InChI is InChI=1S/C11H10ClNO3/c12-11(15)16-9-4-1-3-8(7-9)13-6-2-5-10(13)14/h1,3-4,7H,2,5-6H2. The number of anilines is 1. The summed E-state index contributed by atoms with van der Waals surface area (Å²) in [5.41, 5.74) is -0.150. The summed E-state index contributed by atoms with van der Waals surface area (Å²) >= 11 is 5.11. The smallest absolute Gasteiger partial charge is 0.409 e. The van der Waals surface area contributed by atoms with Crippen molar-refractivity contribution in [3.8, 4) is 5.75 Å². The molecule has 5 heteroatoms. The van der Waals surface area contributed by atoms with Gasteiger partial charge >= 0.3 is 5.43 Å². The van der Waals surface area contributed by atoms with Crippen LogP contribution in [0.25, 0.3) is 0 Å². The summed E-state index contributed by atoms with van der Waals surface area (Å²) in [6.45, 7) is 0.705. The van der Waals surface area contributed by atoms with E-state index in [-0.39, 0.29) is 5.91 Å². The second-order valence-electron chi connectivity index (χ2n) is 3.49. The number of nitrogens with zero attached hydrogens (tertiary/aromatic N) is 1. The van der Waals surface area contributed by atoms with Gasteiger partial charge in [-0.1, -0.05) is 6.07 Å². The maximum absolute atomic E-state index is 11.5. The number of carbonyl (C=O) groups is 2. The van der Waals surface area contributed by atoms with Crippen molar-refractivity contribution in [3.05, 3.63) is 24.3 Å². The van der Waals surface area contributed by atoms with Crippen LogP contribution in [0, 0.1) is 0 Å². The number of amides is 1. The molecule has 1 aliphatic heterocycles. The fourth-order valence-corrected chi connectivity index (χ4v) is 1.82. The van der Waals surface area contributed by atoms with E-state index in [4.69, 9.17) is 16.3 Å². The number of ether oxygens (including phenoxy) is 1. The Bertz CT molecular complexity index is 433. The predicted molar refractivity (Wildman–Crippen MR) is 59.9 cm³/mol. The molecule has 2 rings (SSSR count). The molecule has 84 valence electrons. The molecule has 1 heterocycles. The second kappa shape index (κ2) is 4.53. The van der Waals surface area contributed by atoms with Gasteiger partial charge in [0.15, 0.2) is 0 Å². The lowest BCUT2D eigenvalue weighted by atomic mass is 10.3. The van der Waals surface area contributed by atoms with E-state index in [1.165, 1.54) is 0 Å². The zero-order valence-electron chi connectivity index (χ0n) is 8.48. The van der Waals surface area contributed by atoms with Crippen LogP contribution in [-0.2, 0) is 4.79 Å². The van der Waals surface area contributed by atoms with Gasteiger partial charge in [0, 0.05) is 36.3 Å². The van der Waals surface area contributed by atoms with Gasteiger partial charge in [-0.15, -0.1) is 0 Å². The highest BCUT2D eigenvalue weighted by Gasteiger charge is 2.21. The summed E-state index contributed by atoms with van der Waals surface area (Å²) in [5.74, 6) is 0.437. The number of hydrogen-bond acceptors (Lipinski definition) is 3. The number of carbonyl (C=O) groups excluding carboxylic acids is 2. The molecule has 16 heavy (non-hydrogen) atoms. The lowest BCUT2D eigenvalue weighted by molar-refractivity contribution is -0.117. The number of hydrogen-bond donors (Lipinski definition) is 0. The fourth-order valence-electron chi connectivity index (χ4n) is 1.73. The summed E-state index contributed by atoms with van der Waals surface area (Å²) in [6, 6.07) is 6.76. The van der Waals surface area contributed by atoms with Crippen LogP contribution in [-0.4, -0.2) is 17.9 Å². The van der Waals surface area contributed by atoms with E-state index in [0.29, 0.717) is 18.7 Å². The summed E-state index contributed by atoms with van der Waals surface area (Å²) in [5, 5.41) is 0. The summed E-state index contributed by atoms with van der Waals surface area (Å²) in [7, 11) is 0. The van der Waals surface area contributed by atoms with Gasteiger partial charge in [0.25, 0.3) is 0 Å². The van der Waals surface area contributed by atoms with Crippen molar-refractivity contribution in [1.82, 2.24) is 0 Å². The van der Waals surface area contributed by atoms with Crippen molar-refractivity contribution < 1.29 is 14.3 Å². The SMILES string of the molecule is O=C(Cl)Oc1cccc(N2CCCC2=O)c1. The molecule has 1 amide bonds. The Morgan fingerprint density at radius 1 is 1.44 bits per heavy atom. The molecule has 0 spiro atoms. The van der Waals surface area contributed by atoms with Gasteiger partial charge in [-0.3, -0.25) is 4.79 Å². The first kappa shape index (κ1) is 11.0. The quantitative estimate of drug-likeness (QED) is 0.745. The first-order valence-corrected chi connectivity index (χ1v) is 5.32. The normalized spacial score (nSPS) is 15.3. The average molecular weight is 240 g/mol. The summed E-state index contributed by atoms with van der Waals surface area (Å²) in [6.07, 6.45) is 1.43. The summed E-state index contributed by atoms with van der Waals surface area (Å²) < 4.78 is 4.74. The highest BCUT2D eigenvalue weighted by molar-refractivity contribution is 6.61. The Morgan fingerprint density at radius 2 is 2.25 bits per heavy atom. The largest absolute Gasteiger partial charge is 0.414 e. The predicted octanol–water partition coefficient (Wildman–Crippen LogP) is 2.55. The van der Waals surface area contributed by atoms with E-state index >= 15 is 0 Å². The van der Waals surface area contributed by atoms with Gasteiger partial charge in [0.2, 0.25) is 5.91 Å². The van der Waals surface area contributed by atoms with Crippen LogP contribution in [0.1, 0.15) is 12.8 Å². The molecule has 1 aliphatic rings. The number of benzene rings is 1. The van der Waals surface area contributed by atoms with Gasteiger partial charge in [-0.05, 0) is 18.6 Å². The molecule has 1 saturated heterocycles. The minimum Gasteiger partial charge on any atom is -0.414 e. The first-order valence-electron chi connectivity index (χ1n) is 4.94. The van der Waals surface area contributed by atoms with Crippen LogP contribution >= 0.6 is 11.6 Å². The van der Waals surface area contributed by atoms with Crippen LogP contribution in [0.3, 0.4) is 0 Å². The van der Waals surface area contributed by atoms with Crippen LogP contribution in [0.15, 0.2) is 24.3 Å². The lowest BCUT2D eigenvalue weighted by Crippen LogP contribution is -2.23. The first-order chi connectivity index (χ1) is 7.66. The topological polar surface area (TPSA) is 46.6 Å². The third kappa shape index (κ3) is 2.33. The molecule has 0 atom stereocenters. The molecular formula is C11H10ClNO3. The number of halogens is 1. The van der Waals surface area contributed by atoms with E-state index in [0.717, 1.165) is 12.1 Å². The number of rotatable bonds is 2. The summed E-state index contributed by atoms with van der Waals surface area (Å²) in [4.78, 5) is 23.7. The van der Waals surface area contributed by atoms with E-state index in [1.54, 1.807) is 29.2 Å². The molecule has 1 fully saturated rings. The van der Waals surface area contributed by atoms with Crippen molar-refractivity contribution in [1.29, 1.82) is 0 Å². The van der Waals surface area contributed by atoms with Gasteiger partial charge in [-0.2, -0.15) is 0 Å². The third-order valence-electron chi connectivity index (χ3n) is 2.40. The zero-order chi connectivity index (χ0) is 11.5. The molecular weight excluding hydrogens is 230 g/mol. The molecule has 4 nitrogen and oxygen atoms in total. The Kier molecular flexibility index (Phi) is 3.10. The molecule has 0 aromatic heterocycles. The van der Waals surface area contributed by atoms with Crippen LogP contribution in [0.4, 0.5) is 10.5 Å². The van der Waals surface area contributed by atoms with E-state index in [9.17, 15) is 9.59 Å². The Hall–Kier alpha value is -1.55. The minimum absolute atomic E-state index is 0.0920. The Labute approximate surface area is 97.7 Å². The molecule has 0 bridgehead atoms. The molecule has 0 radical (unpaired) electrons. The molecule has 0 unspecified atom stereocenters. The zero-order valence-corrected chi connectivity index (χ0v) is 9.24. The molecule has 1 aromatic carbocycles. The third-order valence-corrected chi connectivity index (χ3v) is 2.48. The van der Waals surface area contributed by atoms with E-state index < -0.39 is 5.43 Å². The fraction of sp³-hybridized carbons (Fsp3) is 0.273. The molecule has 1 aromatic rings. The molecule has 0 saturated carbocycles. The van der Waals surface area contributed by atoms with Crippen molar-refractivity contribution in [3.63, 3.8) is 0 Å². The Balaban J connectivity index is 2.21. The van der Waals surface area contributed by atoms with Gasteiger partial charge < -0.3 is 9.64 Å². The molecule has 0 N–H and O–H groups in total. The lowest BCUT2D eigenvalue weighted by Gasteiger charge is -2.15. The maximum Gasteiger partial charge on any atom is 0.409 e. The van der Waals surface area contributed by atoms with Crippen molar-refractivity contribution in [2.45, 2.75) is 12.8 Å². The van der Waals surface area contributed by atoms with E-state index in [2.05, 4.69) is 0 Å². The van der Waals surface area contributed by atoms with Crippen molar-refractivity contribution in [2.24, 2.45) is 0 Å². The maximum atomic E-state index is 11.5. The van der Waals surface area contributed by atoms with Crippen molar-refractivity contribution in [2.75, 3.05) is 11.4 Å². The highest BCUT2D eigenvalue weighted by Crippen LogP contribution is 2.25. The van der Waals surface area contributed by atoms with Gasteiger partial charge in [-0.25, -0.2) is 4.79 Å². The second-order valence-corrected chi connectivity index (χ2v) is 3.79. The highest BCUT2D eigenvalue weighted by atomic mass is 35.5. The van der Waals surface area contributed by atoms with Crippen LogP contribution in [0.5, 0.6) is 5.75 Å². The van der Waals surface area contributed by atoms with Gasteiger partial charge in [0.05, 0.1) is 0 Å². The monoisotopic (exact) mass is 239 g/mol. The van der Waals surface area contributed by atoms with Crippen LogP contribution in [0.2, 0.25) is 0 Å². The van der Waals surface area contributed by atoms with Crippen LogP contribution < -0.4 is 9.64 Å². The molecule has 0 aliphatic carbocycles. The van der Waals surface area contributed by atoms with Gasteiger partial charge in [0.1, 0.15) is 5.75 Å².